The predicted octanol–water partition coefficient (Wildman–Crippen LogP) is 2.78. The van der Waals surface area contributed by atoms with E-state index in [-0.39, 0.29) is 0 Å². The lowest BCUT2D eigenvalue weighted by Gasteiger charge is -2.38. The van der Waals surface area contributed by atoms with Gasteiger partial charge in [-0.1, -0.05) is 19.4 Å². The zero-order valence-electron chi connectivity index (χ0n) is 12.7. The van der Waals surface area contributed by atoms with E-state index < -0.39 is 0 Å². The number of nitrogens with zero attached hydrogens (tertiary/aromatic N) is 3. The maximum atomic E-state index is 4.21. The first kappa shape index (κ1) is 14.0. The molecule has 20 heavy (non-hydrogen) atoms. The van der Waals surface area contributed by atoms with Crippen molar-refractivity contribution in [3.8, 4) is 0 Å². The van der Waals surface area contributed by atoms with Crippen LogP contribution in [-0.2, 0) is 6.54 Å². The van der Waals surface area contributed by atoms with Crippen molar-refractivity contribution in [3.63, 3.8) is 0 Å². The maximum absolute atomic E-state index is 4.21. The standard InChI is InChI=1S/C17H27N3/c1-2-15-5-6-17(12-15)20-10-8-19(9-11-20)14-16-4-3-7-18-13-16/h3-4,7,13,15,17H,2,5-6,8-12,14H2,1H3. The highest BCUT2D eigenvalue weighted by Crippen LogP contribution is 2.31. The van der Waals surface area contributed by atoms with Gasteiger partial charge in [0.25, 0.3) is 0 Å². The Morgan fingerprint density at radius 3 is 2.70 bits per heavy atom. The minimum Gasteiger partial charge on any atom is -0.298 e. The van der Waals surface area contributed by atoms with Crippen molar-refractivity contribution >= 4 is 0 Å². The van der Waals surface area contributed by atoms with E-state index in [1.807, 2.05) is 18.5 Å². The summed E-state index contributed by atoms with van der Waals surface area (Å²) < 4.78 is 0. The highest BCUT2D eigenvalue weighted by atomic mass is 15.3. The van der Waals surface area contributed by atoms with Crippen LogP contribution < -0.4 is 0 Å². The van der Waals surface area contributed by atoms with Gasteiger partial charge in [-0.15, -0.1) is 0 Å². The van der Waals surface area contributed by atoms with E-state index in [2.05, 4.69) is 27.8 Å². The molecule has 110 valence electrons. The molecule has 0 N–H and O–H groups in total. The second-order valence-corrected chi connectivity index (χ2v) is 6.41. The van der Waals surface area contributed by atoms with Gasteiger partial charge in [0.2, 0.25) is 0 Å². The molecular formula is C17H27N3. The van der Waals surface area contributed by atoms with Crippen LogP contribution in [0.1, 0.15) is 38.2 Å². The second-order valence-electron chi connectivity index (χ2n) is 6.41. The van der Waals surface area contributed by atoms with Crippen LogP contribution >= 0.6 is 0 Å². The summed E-state index contributed by atoms with van der Waals surface area (Å²) in [4.78, 5) is 9.52. The molecule has 3 nitrogen and oxygen atoms in total. The van der Waals surface area contributed by atoms with E-state index in [1.165, 1.54) is 57.4 Å². The molecule has 3 heteroatoms. The molecule has 1 saturated heterocycles. The van der Waals surface area contributed by atoms with Crippen LogP contribution in [0.2, 0.25) is 0 Å². The first-order valence-corrected chi connectivity index (χ1v) is 8.20. The van der Waals surface area contributed by atoms with Crippen LogP contribution in [0.15, 0.2) is 24.5 Å². The maximum Gasteiger partial charge on any atom is 0.0312 e. The molecule has 2 unspecified atom stereocenters. The van der Waals surface area contributed by atoms with Crippen LogP contribution in [-0.4, -0.2) is 47.0 Å². The molecule has 1 aliphatic heterocycles. The number of rotatable bonds is 4. The smallest absolute Gasteiger partial charge is 0.0312 e. The first-order valence-electron chi connectivity index (χ1n) is 8.20. The van der Waals surface area contributed by atoms with Crippen LogP contribution in [0.3, 0.4) is 0 Å². The third kappa shape index (κ3) is 3.39. The first-order chi connectivity index (χ1) is 9.85. The number of pyridine rings is 1. The van der Waals surface area contributed by atoms with Gasteiger partial charge < -0.3 is 0 Å². The van der Waals surface area contributed by atoms with Crippen molar-refractivity contribution in [1.29, 1.82) is 0 Å². The molecule has 2 heterocycles. The molecule has 1 aliphatic carbocycles. The average Bonchev–Trinajstić information content (AvgIpc) is 2.98. The summed E-state index contributed by atoms with van der Waals surface area (Å²) in [5.74, 6) is 0.994. The van der Waals surface area contributed by atoms with Gasteiger partial charge in [0, 0.05) is 51.2 Å². The number of hydrogen-bond donors (Lipinski definition) is 0. The van der Waals surface area contributed by atoms with E-state index in [0.717, 1.165) is 18.5 Å². The minimum absolute atomic E-state index is 0.875. The van der Waals surface area contributed by atoms with Crippen LogP contribution in [0.5, 0.6) is 0 Å². The van der Waals surface area contributed by atoms with Crippen molar-refractivity contribution in [2.45, 2.75) is 45.2 Å². The Balaban J connectivity index is 1.45. The van der Waals surface area contributed by atoms with Gasteiger partial charge in [0.05, 0.1) is 0 Å². The molecule has 1 saturated carbocycles. The molecule has 2 aliphatic rings. The van der Waals surface area contributed by atoms with Crippen molar-refractivity contribution in [2.24, 2.45) is 5.92 Å². The Kier molecular flexibility index (Phi) is 4.69. The zero-order chi connectivity index (χ0) is 13.8. The van der Waals surface area contributed by atoms with Crippen LogP contribution in [0, 0.1) is 5.92 Å². The van der Waals surface area contributed by atoms with Gasteiger partial charge in [-0.25, -0.2) is 0 Å². The van der Waals surface area contributed by atoms with Crippen LogP contribution in [0.25, 0.3) is 0 Å². The minimum atomic E-state index is 0.875. The summed E-state index contributed by atoms with van der Waals surface area (Å²) in [5.41, 5.74) is 1.34. The Morgan fingerprint density at radius 2 is 2.05 bits per heavy atom. The van der Waals surface area contributed by atoms with E-state index in [1.54, 1.807) is 0 Å². The van der Waals surface area contributed by atoms with E-state index in [4.69, 9.17) is 0 Å². The molecule has 2 fully saturated rings. The Bertz CT molecular complexity index is 398. The SMILES string of the molecule is CCC1CCC(N2CCN(Cc3cccnc3)CC2)C1. The highest BCUT2D eigenvalue weighted by molar-refractivity contribution is 5.08. The number of hydrogen-bond acceptors (Lipinski definition) is 3. The molecule has 0 radical (unpaired) electrons. The fourth-order valence-electron chi connectivity index (χ4n) is 3.79. The van der Waals surface area contributed by atoms with E-state index >= 15 is 0 Å². The van der Waals surface area contributed by atoms with Crippen molar-refractivity contribution in [2.75, 3.05) is 26.2 Å². The normalized spacial score (nSPS) is 28.9. The van der Waals surface area contributed by atoms with Gasteiger partial charge in [0.15, 0.2) is 0 Å². The van der Waals surface area contributed by atoms with Gasteiger partial charge in [0.1, 0.15) is 0 Å². The van der Waals surface area contributed by atoms with Crippen molar-refractivity contribution in [1.82, 2.24) is 14.8 Å². The quantitative estimate of drug-likeness (QED) is 0.841. The summed E-state index contributed by atoms with van der Waals surface area (Å²) in [6.07, 6.45) is 9.55. The molecule has 0 aromatic carbocycles. The van der Waals surface area contributed by atoms with Gasteiger partial charge in [-0.05, 0) is 36.8 Å². The van der Waals surface area contributed by atoms with Crippen LogP contribution in [0.4, 0.5) is 0 Å². The number of aromatic nitrogens is 1. The highest BCUT2D eigenvalue weighted by Gasteiger charge is 2.30. The number of piperazine rings is 1. The molecule has 0 bridgehead atoms. The summed E-state index contributed by atoms with van der Waals surface area (Å²) in [6, 6.07) is 5.09. The zero-order valence-corrected chi connectivity index (χ0v) is 12.7. The molecule has 1 aromatic heterocycles. The Labute approximate surface area is 123 Å². The van der Waals surface area contributed by atoms with E-state index in [0.29, 0.717) is 0 Å². The van der Waals surface area contributed by atoms with Crippen molar-refractivity contribution in [3.05, 3.63) is 30.1 Å². The molecule has 1 aromatic rings. The lowest BCUT2D eigenvalue weighted by Crippen LogP contribution is -2.49. The Morgan fingerprint density at radius 1 is 1.20 bits per heavy atom. The summed E-state index contributed by atoms with van der Waals surface area (Å²) in [5, 5.41) is 0. The topological polar surface area (TPSA) is 19.4 Å². The Hall–Kier alpha value is -0.930. The van der Waals surface area contributed by atoms with Gasteiger partial charge >= 0.3 is 0 Å². The fourth-order valence-corrected chi connectivity index (χ4v) is 3.79. The lowest BCUT2D eigenvalue weighted by molar-refractivity contribution is 0.0920. The molecule has 0 spiro atoms. The third-order valence-electron chi connectivity index (χ3n) is 5.14. The monoisotopic (exact) mass is 273 g/mol. The molecule has 0 amide bonds. The third-order valence-corrected chi connectivity index (χ3v) is 5.14. The average molecular weight is 273 g/mol. The second kappa shape index (κ2) is 6.68. The van der Waals surface area contributed by atoms with Crippen molar-refractivity contribution < 1.29 is 0 Å². The molecule has 2 atom stereocenters. The summed E-state index contributed by atoms with van der Waals surface area (Å²) in [6.45, 7) is 8.33. The largest absolute Gasteiger partial charge is 0.298 e. The van der Waals surface area contributed by atoms with Gasteiger partial charge in [-0.2, -0.15) is 0 Å². The fraction of sp³-hybridized carbons (Fsp3) is 0.706. The van der Waals surface area contributed by atoms with Gasteiger partial charge in [-0.3, -0.25) is 14.8 Å². The summed E-state index contributed by atoms with van der Waals surface area (Å²) >= 11 is 0. The molecule has 3 rings (SSSR count). The van der Waals surface area contributed by atoms with E-state index in [9.17, 15) is 0 Å². The predicted molar refractivity (Wildman–Crippen MR) is 82.5 cm³/mol. The lowest BCUT2D eigenvalue weighted by atomic mass is 10.0. The molecular weight excluding hydrogens is 246 g/mol. The summed E-state index contributed by atoms with van der Waals surface area (Å²) in [7, 11) is 0.